The molecule has 3 N–H and O–H groups in total. The average Bonchev–Trinajstić information content (AvgIpc) is 2.39. The van der Waals surface area contributed by atoms with E-state index < -0.39 is 21.7 Å². The zero-order valence-corrected chi connectivity index (χ0v) is 13.4. The second-order valence-electron chi connectivity index (χ2n) is 6.00. The number of nitrogen functional groups attached to an aromatic ring is 1. The maximum atomic E-state index is 12.7. The lowest BCUT2D eigenvalue weighted by molar-refractivity contribution is -0.131. The summed E-state index contributed by atoms with van der Waals surface area (Å²) >= 11 is 0. The van der Waals surface area contributed by atoms with E-state index in [2.05, 4.69) is 0 Å². The summed E-state index contributed by atoms with van der Waals surface area (Å²) in [5.74, 6) is 0. The molecule has 0 aromatic heterocycles. The van der Waals surface area contributed by atoms with Gasteiger partial charge in [-0.3, -0.25) is 0 Å². The van der Waals surface area contributed by atoms with Gasteiger partial charge < -0.3 is 15.6 Å². The minimum Gasteiger partial charge on any atom is -0.398 e. The van der Waals surface area contributed by atoms with Gasteiger partial charge >= 0.3 is 0 Å². The molecule has 0 amide bonds. The molecule has 1 aromatic rings. The summed E-state index contributed by atoms with van der Waals surface area (Å²) in [6, 6.07) is 4.72. The molecule has 1 atom stereocenters. The first-order valence-electron chi connectivity index (χ1n) is 6.81. The Morgan fingerprint density at radius 2 is 2.14 bits per heavy atom. The molecular weight excluding hydrogens is 292 g/mol. The number of aryl methyl sites for hydroxylation is 1. The van der Waals surface area contributed by atoms with Crippen molar-refractivity contribution >= 4 is 15.7 Å². The lowest BCUT2D eigenvalue weighted by Crippen LogP contribution is -2.55. The Kier molecular flexibility index (Phi) is 4.30. The number of nitrogens with two attached hydrogens (primary N) is 1. The molecule has 7 heteroatoms. The summed E-state index contributed by atoms with van der Waals surface area (Å²) in [4.78, 5) is 0.167. The Labute approximate surface area is 125 Å². The number of benzene rings is 1. The number of nitrogens with zero attached hydrogens (tertiary/aromatic N) is 1. The second kappa shape index (κ2) is 5.57. The molecule has 1 aromatic carbocycles. The van der Waals surface area contributed by atoms with Crippen LogP contribution in [0.25, 0.3) is 0 Å². The normalized spacial score (nSPS) is 23.1. The van der Waals surface area contributed by atoms with Crippen molar-refractivity contribution in [3.63, 3.8) is 0 Å². The number of anilines is 1. The fourth-order valence-corrected chi connectivity index (χ4v) is 4.11. The molecule has 0 aliphatic carbocycles. The van der Waals surface area contributed by atoms with Gasteiger partial charge in [-0.15, -0.1) is 0 Å². The predicted octanol–water partition coefficient (Wildman–Crippen LogP) is 0.738. The molecule has 1 heterocycles. The number of hydrogen-bond acceptors (Lipinski definition) is 5. The van der Waals surface area contributed by atoms with Crippen molar-refractivity contribution in [1.29, 1.82) is 0 Å². The van der Waals surface area contributed by atoms with Crippen LogP contribution in [0.2, 0.25) is 0 Å². The number of ether oxygens (including phenoxy) is 1. The fourth-order valence-electron chi connectivity index (χ4n) is 2.45. The van der Waals surface area contributed by atoms with Crippen molar-refractivity contribution in [3.05, 3.63) is 23.8 Å². The average molecular weight is 314 g/mol. The Balaban J connectivity index is 2.36. The highest BCUT2D eigenvalue weighted by Gasteiger charge is 2.39. The molecular formula is C14H22N2O4S. The molecule has 1 aliphatic heterocycles. The van der Waals surface area contributed by atoms with Crippen LogP contribution in [0.1, 0.15) is 19.4 Å². The van der Waals surface area contributed by atoms with Crippen LogP contribution in [-0.2, 0) is 14.8 Å². The number of aliphatic hydroxyl groups excluding tert-OH is 1. The van der Waals surface area contributed by atoms with Gasteiger partial charge in [-0.2, -0.15) is 4.31 Å². The predicted molar refractivity (Wildman–Crippen MR) is 80.4 cm³/mol. The largest absolute Gasteiger partial charge is 0.398 e. The highest BCUT2D eigenvalue weighted by Crippen LogP contribution is 2.27. The van der Waals surface area contributed by atoms with Gasteiger partial charge in [-0.25, -0.2) is 8.42 Å². The SMILES string of the molecule is Cc1ccc(S(=O)(=O)N2CC(CO)OC(C)(C)C2)cc1N. The summed E-state index contributed by atoms with van der Waals surface area (Å²) in [5.41, 5.74) is 6.45. The third kappa shape index (κ3) is 3.37. The Morgan fingerprint density at radius 3 is 2.71 bits per heavy atom. The van der Waals surface area contributed by atoms with Gasteiger partial charge in [0.15, 0.2) is 0 Å². The Morgan fingerprint density at radius 1 is 1.48 bits per heavy atom. The standard InChI is InChI=1S/C14H22N2O4S/c1-10-4-5-12(6-13(10)15)21(18,19)16-7-11(8-17)20-14(2,3)9-16/h4-6,11,17H,7-9,15H2,1-3H3. The van der Waals surface area contributed by atoms with Gasteiger partial charge in [-0.1, -0.05) is 6.07 Å². The highest BCUT2D eigenvalue weighted by molar-refractivity contribution is 7.89. The van der Waals surface area contributed by atoms with Crippen LogP contribution in [0.5, 0.6) is 0 Å². The first-order valence-corrected chi connectivity index (χ1v) is 8.25. The summed E-state index contributed by atoms with van der Waals surface area (Å²) in [6.45, 7) is 5.59. The molecule has 1 unspecified atom stereocenters. The van der Waals surface area contributed by atoms with E-state index in [0.29, 0.717) is 5.69 Å². The Hall–Kier alpha value is -1.15. The summed E-state index contributed by atoms with van der Waals surface area (Å²) in [6.07, 6.45) is -0.522. The quantitative estimate of drug-likeness (QED) is 0.803. The van der Waals surface area contributed by atoms with Crippen LogP contribution in [0, 0.1) is 6.92 Å². The van der Waals surface area contributed by atoms with E-state index in [1.54, 1.807) is 26.0 Å². The number of sulfonamides is 1. The van der Waals surface area contributed by atoms with Gasteiger partial charge in [0.05, 0.1) is 23.2 Å². The van der Waals surface area contributed by atoms with Crippen LogP contribution in [-0.4, -0.2) is 49.2 Å². The monoisotopic (exact) mass is 314 g/mol. The van der Waals surface area contributed by atoms with Crippen molar-refractivity contribution in [2.24, 2.45) is 0 Å². The first kappa shape index (κ1) is 16.2. The van der Waals surface area contributed by atoms with E-state index in [-0.39, 0.29) is 24.6 Å². The Bertz CT molecular complexity index is 628. The topological polar surface area (TPSA) is 92.9 Å². The van der Waals surface area contributed by atoms with E-state index in [0.717, 1.165) is 5.56 Å². The van der Waals surface area contributed by atoms with Crippen molar-refractivity contribution in [3.8, 4) is 0 Å². The van der Waals surface area contributed by atoms with Crippen molar-refractivity contribution in [2.75, 3.05) is 25.4 Å². The molecule has 21 heavy (non-hydrogen) atoms. The van der Waals surface area contributed by atoms with Crippen LogP contribution >= 0.6 is 0 Å². The molecule has 0 spiro atoms. The maximum Gasteiger partial charge on any atom is 0.243 e. The molecule has 118 valence electrons. The first-order chi connectivity index (χ1) is 9.65. The summed E-state index contributed by atoms with van der Waals surface area (Å²) < 4.78 is 32.5. The molecule has 0 saturated carbocycles. The zero-order valence-electron chi connectivity index (χ0n) is 12.5. The lowest BCUT2D eigenvalue weighted by Gasteiger charge is -2.41. The second-order valence-corrected chi connectivity index (χ2v) is 7.94. The molecule has 1 aliphatic rings. The van der Waals surface area contributed by atoms with Gasteiger partial charge in [0.2, 0.25) is 10.0 Å². The third-order valence-electron chi connectivity index (χ3n) is 3.54. The van der Waals surface area contributed by atoms with E-state index in [1.807, 2.05) is 6.92 Å². The maximum absolute atomic E-state index is 12.7. The van der Waals surface area contributed by atoms with Crippen molar-refractivity contribution in [1.82, 2.24) is 4.31 Å². The van der Waals surface area contributed by atoms with E-state index in [9.17, 15) is 13.5 Å². The smallest absolute Gasteiger partial charge is 0.243 e. The molecule has 0 bridgehead atoms. The van der Waals surface area contributed by atoms with Crippen LogP contribution in [0.3, 0.4) is 0 Å². The number of rotatable bonds is 3. The molecule has 1 saturated heterocycles. The van der Waals surface area contributed by atoms with E-state index in [4.69, 9.17) is 10.5 Å². The van der Waals surface area contributed by atoms with Crippen LogP contribution < -0.4 is 5.73 Å². The summed E-state index contributed by atoms with van der Waals surface area (Å²) in [5, 5.41) is 9.29. The van der Waals surface area contributed by atoms with Crippen molar-refractivity contribution < 1.29 is 18.3 Å². The van der Waals surface area contributed by atoms with Gasteiger partial charge in [0.25, 0.3) is 0 Å². The van der Waals surface area contributed by atoms with E-state index >= 15 is 0 Å². The van der Waals surface area contributed by atoms with Gasteiger partial charge in [0.1, 0.15) is 0 Å². The molecule has 6 nitrogen and oxygen atoms in total. The number of hydrogen-bond donors (Lipinski definition) is 2. The number of morpholine rings is 1. The fraction of sp³-hybridized carbons (Fsp3) is 0.571. The van der Waals surface area contributed by atoms with Crippen LogP contribution in [0.4, 0.5) is 5.69 Å². The lowest BCUT2D eigenvalue weighted by atomic mass is 10.1. The highest BCUT2D eigenvalue weighted by atomic mass is 32.2. The third-order valence-corrected chi connectivity index (χ3v) is 5.35. The summed E-state index contributed by atoms with van der Waals surface area (Å²) in [7, 11) is -3.65. The molecule has 0 radical (unpaired) electrons. The van der Waals surface area contributed by atoms with Gasteiger partial charge in [-0.05, 0) is 38.5 Å². The van der Waals surface area contributed by atoms with E-state index in [1.165, 1.54) is 10.4 Å². The minimum atomic E-state index is -3.65. The number of aliphatic hydroxyl groups is 1. The van der Waals surface area contributed by atoms with Crippen molar-refractivity contribution in [2.45, 2.75) is 37.4 Å². The zero-order chi connectivity index (χ0) is 15.8. The molecule has 1 fully saturated rings. The van der Waals surface area contributed by atoms with Gasteiger partial charge in [0, 0.05) is 18.8 Å². The minimum absolute atomic E-state index is 0.135. The van der Waals surface area contributed by atoms with Crippen LogP contribution in [0.15, 0.2) is 23.1 Å². The molecule has 2 rings (SSSR count).